The topological polar surface area (TPSA) is 73.9 Å². The normalized spacial score (nSPS) is 17.1. The zero-order valence-corrected chi connectivity index (χ0v) is 16.6. The van der Waals surface area contributed by atoms with Gasteiger partial charge in [0.15, 0.2) is 11.5 Å². The summed E-state index contributed by atoms with van der Waals surface area (Å²) in [5, 5.41) is 2.82. The summed E-state index contributed by atoms with van der Waals surface area (Å²) < 4.78 is 16.9. The van der Waals surface area contributed by atoms with Gasteiger partial charge in [-0.25, -0.2) is 4.79 Å². The smallest absolute Gasteiger partial charge is 0.356 e. The number of carbonyl (C=O) groups excluding carboxylic acids is 2. The Morgan fingerprint density at radius 2 is 1.60 bits per heavy atom. The Morgan fingerprint density at radius 3 is 2.30 bits per heavy atom. The van der Waals surface area contributed by atoms with Crippen LogP contribution in [-0.4, -0.2) is 24.1 Å². The van der Waals surface area contributed by atoms with Crippen molar-refractivity contribution in [2.24, 2.45) is 0 Å². The Labute approximate surface area is 174 Å². The van der Waals surface area contributed by atoms with E-state index in [4.69, 9.17) is 14.2 Å². The number of anilines is 1. The molecule has 2 atom stereocenters. The largest absolute Gasteiger partial charge is 0.482 e. The maximum atomic E-state index is 12.6. The van der Waals surface area contributed by atoms with Crippen molar-refractivity contribution in [1.82, 2.24) is 0 Å². The first-order valence-corrected chi connectivity index (χ1v) is 9.62. The molecule has 0 unspecified atom stereocenters. The minimum atomic E-state index is -0.874. The van der Waals surface area contributed by atoms with Gasteiger partial charge in [0.25, 0.3) is 5.91 Å². The molecule has 1 aliphatic heterocycles. The highest BCUT2D eigenvalue weighted by atomic mass is 16.6. The summed E-state index contributed by atoms with van der Waals surface area (Å²) in [6, 6.07) is 21.1. The van der Waals surface area contributed by atoms with E-state index in [2.05, 4.69) is 5.32 Å². The molecule has 1 heterocycles. The molecule has 0 aliphatic carbocycles. The second-order valence-electron chi connectivity index (χ2n) is 7.08. The number of hydrogen-bond acceptors (Lipinski definition) is 5. The van der Waals surface area contributed by atoms with Crippen molar-refractivity contribution >= 4 is 17.6 Å². The fourth-order valence-corrected chi connectivity index (χ4v) is 3.15. The quantitative estimate of drug-likeness (QED) is 0.517. The molecule has 4 rings (SSSR count). The van der Waals surface area contributed by atoms with E-state index in [9.17, 15) is 9.59 Å². The Morgan fingerprint density at radius 1 is 0.900 bits per heavy atom. The monoisotopic (exact) mass is 403 g/mol. The van der Waals surface area contributed by atoms with Crippen molar-refractivity contribution in [3.63, 3.8) is 0 Å². The van der Waals surface area contributed by atoms with Crippen LogP contribution in [0.25, 0.3) is 0 Å². The molecule has 0 radical (unpaired) electrons. The van der Waals surface area contributed by atoms with Gasteiger partial charge in [-0.1, -0.05) is 29.8 Å². The number of ether oxygens (including phenoxy) is 3. The molecular weight excluding hydrogens is 382 g/mol. The first-order valence-electron chi connectivity index (χ1n) is 9.62. The Balaban J connectivity index is 1.39. The van der Waals surface area contributed by atoms with Crippen molar-refractivity contribution in [3.05, 3.63) is 83.9 Å². The standard InChI is InChI=1S/C24H21NO5/c1-15-6-5-7-17(14-15)23(26)25-18-10-12-19(13-11-18)29-24(27)22-16(2)28-20-8-3-4-9-21(20)30-22/h3-14,16,22H,1-2H3,(H,25,26)/t16-,22-/m0/s1. The van der Waals surface area contributed by atoms with Crippen LogP contribution in [0.3, 0.4) is 0 Å². The number of hydrogen-bond donors (Lipinski definition) is 1. The van der Waals surface area contributed by atoms with Gasteiger partial charge in [-0.3, -0.25) is 4.79 Å². The van der Waals surface area contributed by atoms with Gasteiger partial charge in [0.2, 0.25) is 6.10 Å². The predicted octanol–water partition coefficient (Wildman–Crippen LogP) is 4.38. The fourth-order valence-electron chi connectivity index (χ4n) is 3.15. The highest BCUT2D eigenvalue weighted by Gasteiger charge is 2.35. The molecule has 0 spiro atoms. The van der Waals surface area contributed by atoms with E-state index in [0.717, 1.165) is 5.56 Å². The first-order chi connectivity index (χ1) is 14.5. The number of benzene rings is 3. The molecule has 3 aromatic carbocycles. The Hall–Kier alpha value is -3.80. The van der Waals surface area contributed by atoms with Gasteiger partial charge in [0.1, 0.15) is 11.9 Å². The zero-order valence-electron chi connectivity index (χ0n) is 16.6. The third-order valence-electron chi connectivity index (χ3n) is 4.69. The lowest BCUT2D eigenvalue weighted by molar-refractivity contribution is -0.147. The molecule has 0 saturated carbocycles. The van der Waals surface area contributed by atoms with Crippen LogP contribution in [0, 0.1) is 6.92 Å². The molecule has 0 saturated heterocycles. The lowest BCUT2D eigenvalue weighted by Gasteiger charge is -2.30. The van der Waals surface area contributed by atoms with Crippen LogP contribution in [0.4, 0.5) is 5.69 Å². The number of para-hydroxylation sites is 2. The van der Waals surface area contributed by atoms with Gasteiger partial charge >= 0.3 is 5.97 Å². The van der Waals surface area contributed by atoms with Crippen LogP contribution >= 0.6 is 0 Å². The molecule has 6 heteroatoms. The molecule has 1 amide bonds. The summed E-state index contributed by atoms with van der Waals surface area (Å²) in [5.41, 5.74) is 2.19. The number of esters is 1. The lowest BCUT2D eigenvalue weighted by Crippen LogP contribution is -2.45. The van der Waals surface area contributed by atoms with Crippen LogP contribution in [-0.2, 0) is 4.79 Å². The summed E-state index contributed by atoms with van der Waals surface area (Å²) in [5.74, 6) is 0.704. The van der Waals surface area contributed by atoms with Crippen molar-refractivity contribution in [2.75, 3.05) is 5.32 Å². The van der Waals surface area contributed by atoms with Gasteiger partial charge in [-0.05, 0) is 62.4 Å². The molecule has 30 heavy (non-hydrogen) atoms. The number of nitrogens with one attached hydrogen (secondary N) is 1. The van der Waals surface area contributed by atoms with Gasteiger partial charge in [-0.15, -0.1) is 0 Å². The highest BCUT2D eigenvalue weighted by Crippen LogP contribution is 2.33. The van der Waals surface area contributed by atoms with Gasteiger partial charge in [0, 0.05) is 11.3 Å². The van der Waals surface area contributed by atoms with Crippen LogP contribution in [0.1, 0.15) is 22.8 Å². The SMILES string of the molecule is Cc1cccc(C(=O)Nc2ccc(OC(=O)[C@H]3Oc4ccccc4O[C@H]3C)cc2)c1. The van der Waals surface area contributed by atoms with Gasteiger partial charge < -0.3 is 19.5 Å². The molecule has 1 N–H and O–H groups in total. The average Bonchev–Trinajstić information content (AvgIpc) is 2.74. The molecule has 3 aromatic rings. The first kappa shape index (κ1) is 19.5. The number of rotatable bonds is 4. The van der Waals surface area contributed by atoms with E-state index in [-0.39, 0.29) is 5.91 Å². The van der Waals surface area contributed by atoms with Crippen molar-refractivity contribution in [2.45, 2.75) is 26.1 Å². The molecular formula is C24H21NO5. The zero-order chi connectivity index (χ0) is 21.1. The number of amides is 1. The van der Waals surface area contributed by atoms with E-state index in [0.29, 0.717) is 28.5 Å². The van der Waals surface area contributed by atoms with Crippen molar-refractivity contribution in [1.29, 1.82) is 0 Å². The summed E-state index contributed by atoms with van der Waals surface area (Å²) in [4.78, 5) is 24.9. The minimum Gasteiger partial charge on any atom is -0.482 e. The summed E-state index contributed by atoms with van der Waals surface area (Å²) in [6.45, 7) is 3.69. The predicted molar refractivity (Wildman–Crippen MR) is 112 cm³/mol. The van der Waals surface area contributed by atoms with E-state index in [1.807, 2.05) is 37.3 Å². The average molecular weight is 403 g/mol. The molecule has 152 valence electrons. The second-order valence-corrected chi connectivity index (χ2v) is 7.08. The maximum Gasteiger partial charge on any atom is 0.356 e. The molecule has 0 fully saturated rings. The summed E-state index contributed by atoms with van der Waals surface area (Å²) in [7, 11) is 0. The highest BCUT2D eigenvalue weighted by molar-refractivity contribution is 6.04. The molecule has 0 aromatic heterocycles. The third kappa shape index (κ3) is 4.27. The number of carbonyl (C=O) groups is 2. The molecule has 0 bridgehead atoms. The molecule has 6 nitrogen and oxygen atoms in total. The van der Waals surface area contributed by atoms with Gasteiger partial charge in [-0.2, -0.15) is 0 Å². The second kappa shape index (κ2) is 8.29. The maximum absolute atomic E-state index is 12.6. The van der Waals surface area contributed by atoms with Crippen LogP contribution in [0.15, 0.2) is 72.8 Å². The van der Waals surface area contributed by atoms with Crippen LogP contribution in [0.2, 0.25) is 0 Å². The van der Waals surface area contributed by atoms with E-state index in [1.54, 1.807) is 49.4 Å². The van der Waals surface area contributed by atoms with Crippen molar-refractivity contribution in [3.8, 4) is 17.2 Å². The summed E-state index contributed by atoms with van der Waals surface area (Å²) >= 11 is 0. The van der Waals surface area contributed by atoms with Crippen molar-refractivity contribution < 1.29 is 23.8 Å². The van der Waals surface area contributed by atoms with E-state index < -0.39 is 18.2 Å². The molecule has 1 aliphatic rings. The van der Waals surface area contributed by atoms with E-state index in [1.165, 1.54) is 0 Å². The Bertz CT molecular complexity index is 1080. The number of fused-ring (bicyclic) bond motifs is 1. The third-order valence-corrected chi connectivity index (χ3v) is 4.69. The Kier molecular flexibility index (Phi) is 5.39. The number of aryl methyl sites for hydroxylation is 1. The van der Waals surface area contributed by atoms with E-state index >= 15 is 0 Å². The minimum absolute atomic E-state index is 0.205. The lowest BCUT2D eigenvalue weighted by atomic mass is 10.1. The van der Waals surface area contributed by atoms with Gasteiger partial charge in [0.05, 0.1) is 0 Å². The summed E-state index contributed by atoms with van der Waals surface area (Å²) in [6.07, 6.45) is -1.36. The fraction of sp³-hybridized carbons (Fsp3) is 0.167. The van der Waals surface area contributed by atoms with Crippen LogP contribution in [0.5, 0.6) is 17.2 Å². The van der Waals surface area contributed by atoms with Crippen LogP contribution < -0.4 is 19.5 Å².